The molecule has 11 aromatic rings. The summed E-state index contributed by atoms with van der Waals surface area (Å²) in [6.45, 7) is 0. The number of hydrogen-bond donors (Lipinski definition) is 0. The maximum Gasteiger partial charge on any atom is 0.182 e. The van der Waals surface area contributed by atoms with Crippen LogP contribution in [0, 0.1) is 0 Å². The minimum atomic E-state index is -2.60. The molecule has 264 valence electrons. The summed E-state index contributed by atoms with van der Waals surface area (Å²) in [4.78, 5) is 0. The summed E-state index contributed by atoms with van der Waals surface area (Å²) in [5.74, 6) is 0. The second kappa shape index (κ2) is 11.4. The Hall–Kier alpha value is -7.20. The van der Waals surface area contributed by atoms with Gasteiger partial charge in [0.2, 0.25) is 0 Å². The number of rotatable bonds is 3. The number of nitrogens with zero attached hydrogens (tertiary/aromatic N) is 2. The molecule has 0 atom stereocenters. The van der Waals surface area contributed by atoms with Crippen molar-refractivity contribution in [1.82, 2.24) is 9.13 Å². The van der Waals surface area contributed by atoms with E-state index < -0.39 is 8.07 Å². The van der Waals surface area contributed by atoms with Crippen LogP contribution < -0.4 is 20.7 Å². The average Bonchev–Trinajstić information content (AvgIpc) is 3.98. The molecule has 0 N–H and O–H groups in total. The van der Waals surface area contributed by atoms with E-state index in [2.05, 4.69) is 215 Å². The van der Waals surface area contributed by atoms with Gasteiger partial charge in [0.15, 0.2) is 8.07 Å². The van der Waals surface area contributed by atoms with Crippen molar-refractivity contribution in [1.29, 1.82) is 0 Å². The van der Waals surface area contributed by atoms with Crippen LogP contribution in [0.3, 0.4) is 0 Å². The molecule has 57 heavy (non-hydrogen) atoms. The normalized spacial score (nSPS) is 13.4. The molecule has 2 aliphatic rings. The highest BCUT2D eigenvalue weighted by atomic mass is 28.3. The Morgan fingerprint density at radius 2 is 0.702 bits per heavy atom. The van der Waals surface area contributed by atoms with Gasteiger partial charge in [0.05, 0.1) is 22.1 Å². The number of aromatic nitrogens is 2. The first-order valence-electron chi connectivity index (χ1n) is 19.9. The topological polar surface area (TPSA) is 9.86 Å². The Labute approximate surface area is 331 Å². The van der Waals surface area contributed by atoms with Crippen LogP contribution in [0.4, 0.5) is 0 Å². The van der Waals surface area contributed by atoms with Gasteiger partial charge in [0, 0.05) is 32.9 Å². The predicted octanol–water partition coefficient (Wildman–Crippen LogP) is 10.9. The molecule has 13 rings (SSSR count). The fraction of sp³-hybridized carbons (Fsp3) is 0. The number of para-hydroxylation sites is 2. The fourth-order valence-corrected chi connectivity index (χ4v) is 16.3. The highest BCUT2D eigenvalue weighted by Crippen LogP contribution is 2.41. The van der Waals surface area contributed by atoms with Crippen molar-refractivity contribution in [3.8, 4) is 44.8 Å². The first-order valence-corrected chi connectivity index (χ1v) is 21.9. The molecular weight excluding hydrogens is 705 g/mol. The fourth-order valence-electron chi connectivity index (χ4n) is 10.6. The molecule has 9 aromatic carbocycles. The molecule has 3 heteroatoms. The molecular formula is C54H34N2Si. The Kier molecular flexibility index (Phi) is 6.22. The van der Waals surface area contributed by atoms with E-state index in [1.807, 2.05) is 0 Å². The lowest BCUT2D eigenvalue weighted by Gasteiger charge is -2.28. The number of hydrogen-bond acceptors (Lipinski definition) is 0. The van der Waals surface area contributed by atoms with Gasteiger partial charge in [-0.15, -0.1) is 0 Å². The van der Waals surface area contributed by atoms with Crippen molar-refractivity contribution < 1.29 is 0 Å². The molecule has 0 saturated carbocycles. The highest BCUT2D eigenvalue weighted by molar-refractivity contribution is 7.24. The summed E-state index contributed by atoms with van der Waals surface area (Å²) < 4.78 is 4.98. The zero-order valence-electron chi connectivity index (χ0n) is 31.0. The zero-order chi connectivity index (χ0) is 37.2. The van der Waals surface area contributed by atoms with Gasteiger partial charge in [-0.25, -0.2) is 0 Å². The van der Waals surface area contributed by atoms with Crippen LogP contribution in [0.5, 0.6) is 0 Å². The second-order valence-corrected chi connectivity index (χ2v) is 19.3. The smallest absolute Gasteiger partial charge is 0.182 e. The average molecular weight is 739 g/mol. The Morgan fingerprint density at radius 3 is 1.28 bits per heavy atom. The van der Waals surface area contributed by atoms with E-state index >= 15 is 0 Å². The Morgan fingerprint density at radius 1 is 0.263 bits per heavy atom. The van der Waals surface area contributed by atoms with Crippen LogP contribution in [-0.2, 0) is 0 Å². The van der Waals surface area contributed by atoms with Crippen molar-refractivity contribution in [3.05, 3.63) is 206 Å². The van der Waals surface area contributed by atoms with Gasteiger partial charge >= 0.3 is 0 Å². The molecule has 0 unspecified atom stereocenters. The van der Waals surface area contributed by atoms with Gasteiger partial charge in [-0.2, -0.15) is 0 Å². The molecule has 2 nitrogen and oxygen atoms in total. The third kappa shape index (κ3) is 4.03. The summed E-state index contributed by atoms with van der Waals surface area (Å²) in [6.07, 6.45) is 0. The van der Waals surface area contributed by atoms with Gasteiger partial charge in [0.25, 0.3) is 0 Å². The molecule has 1 spiro atoms. The van der Waals surface area contributed by atoms with E-state index in [1.54, 1.807) is 0 Å². The first-order chi connectivity index (χ1) is 28.3. The SMILES string of the molecule is c1ccc(-c2ccc(-n3c4ccccc4c4cc5c6ccccc6n(-c6ccc7c(c6)[Si]6(c8ccccc8-c8ccccc86)c6ccccc6-7)c5cc43)cc2)cc1. The molecule has 0 saturated heterocycles. The third-order valence-corrected chi connectivity index (χ3v) is 17.9. The van der Waals surface area contributed by atoms with Crippen molar-refractivity contribution >= 4 is 72.4 Å². The Balaban J connectivity index is 1.09. The van der Waals surface area contributed by atoms with E-state index in [1.165, 1.54) is 103 Å². The van der Waals surface area contributed by atoms with E-state index in [9.17, 15) is 0 Å². The molecule has 0 radical (unpaired) electrons. The molecule has 2 aliphatic heterocycles. The molecule has 0 bridgehead atoms. The molecule has 0 fully saturated rings. The monoisotopic (exact) mass is 738 g/mol. The number of benzene rings is 9. The maximum absolute atomic E-state index is 2.60. The lowest BCUT2D eigenvalue weighted by atomic mass is 10.1. The quantitative estimate of drug-likeness (QED) is 0.160. The zero-order valence-corrected chi connectivity index (χ0v) is 32.0. The van der Waals surface area contributed by atoms with Crippen LogP contribution in [0.2, 0.25) is 0 Å². The molecule has 0 amide bonds. The van der Waals surface area contributed by atoms with E-state index in [4.69, 9.17) is 0 Å². The van der Waals surface area contributed by atoms with Crippen molar-refractivity contribution in [2.45, 2.75) is 0 Å². The van der Waals surface area contributed by atoms with Gasteiger partial charge in [-0.1, -0.05) is 158 Å². The third-order valence-electron chi connectivity index (χ3n) is 12.9. The minimum Gasteiger partial charge on any atom is -0.309 e. The largest absolute Gasteiger partial charge is 0.309 e. The van der Waals surface area contributed by atoms with E-state index in [-0.39, 0.29) is 0 Å². The second-order valence-electron chi connectivity index (χ2n) is 15.6. The van der Waals surface area contributed by atoms with Gasteiger partial charge in [-0.05, 0) is 103 Å². The van der Waals surface area contributed by atoms with E-state index in [0.29, 0.717) is 0 Å². The summed E-state index contributed by atoms with van der Waals surface area (Å²) in [5, 5.41) is 11.1. The van der Waals surface area contributed by atoms with Crippen LogP contribution >= 0.6 is 0 Å². The van der Waals surface area contributed by atoms with Crippen molar-refractivity contribution in [2.75, 3.05) is 0 Å². The predicted molar refractivity (Wildman–Crippen MR) is 242 cm³/mol. The van der Waals surface area contributed by atoms with Crippen LogP contribution in [0.1, 0.15) is 0 Å². The summed E-state index contributed by atoms with van der Waals surface area (Å²) >= 11 is 0. The van der Waals surface area contributed by atoms with Crippen LogP contribution in [-0.4, -0.2) is 17.2 Å². The summed E-state index contributed by atoms with van der Waals surface area (Å²) in [5.41, 5.74) is 15.2. The first kappa shape index (κ1) is 31.0. The lowest BCUT2D eigenvalue weighted by Crippen LogP contribution is -2.70. The highest BCUT2D eigenvalue weighted by Gasteiger charge is 2.53. The summed E-state index contributed by atoms with van der Waals surface area (Å²) in [6, 6.07) is 77.4. The van der Waals surface area contributed by atoms with Crippen LogP contribution in [0.15, 0.2) is 206 Å². The van der Waals surface area contributed by atoms with Gasteiger partial charge in [-0.3, -0.25) is 0 Å². The van der Waals surface area contributed by atoms with Crippen molar-refractivity contribution in [2.24, 2.45) is 0 Å². The van der Waals surface area contributed by atoms with Crippen LogP contribution in [0.25, 0.3) is 88.4 Å². The lowest BCUT2D eigenvalue weighted by molar-refractivity contribution is 1.17. The number of fused-ring (bicyclic) bond motifs is 16. The molecule has 0 aliphatic carbocycles. The molecule has 2 aromatic heterocycles. The Bertz CT molecular complexity index is 3400. The molecule has 4 heterocycles. The van der Waals surface area contributed by atoms with Gasteiger partial charge < -0.3 is 9.13 Å². The van der Waals surface area contributed by atoms with Crippen molar-refractivity contribution in [3.63, 3.8) is 0 Å². The van der Waals surface area contributed by atoms with Gasteiger partial charge in [0.1, 0.15) is 0 Å². The maximum atomic E-state index is 2.56. The van der Waals surface area contributed by atoms with E-state index in [0.717, 1.165) is 5.69 Å². The standard InChI is InChI=1S/C54H34N2Si/c1-2-14-35(15-3-1)36-26-28-37(29-27-36)55-47-21-9-4-16-39(47)45-33-46-40-17-5-10-22-48(40)56(50(46)34-49(45)55)38-30-31-44-43-20-8-13-25-53(43)57(54(44)32-38)51-23-11-6-18-41(51)42-19-7-12-24-52(42)57/h1-34H. The minimum absolute atomic E-state index is 1.16. The summed E-state index contributed by atoms with van der Waals surface area (Å²) in [7, 11) is -2.60.